The van der Waals surface area contributed by atoms with Crippen molar-refractivity contribution in [2.45, 2.75) is 19.4 Å². The lowest BCUT2D eigenvalue weighted by Crippen LogP contribution is -2.11. The fourth-order valence-corrected chi connectivity index (χ4v) is 0.515. The number of esters is 1. The Morgan fingerprint density at radius 2 is 2.33 bits per heavy atom. The zero-order valence-corrected chi connectivity index (χ0v) is 7.02. The standard InChI is InChI=1S/C7H11NO4/c1-6(8(10)11)4-3-5-7(9)12-2/h3-4,6H,5H2,1-2H3. The molecule has 0 aliphatic heterocycles. The Labute approximate surface area is 70.2 Å². The van der Waals surface area contributed by atoms with Crippen LogP contribution in [0, 0.1) is 10.1 Å². The SMILES string of the molecule is COC(=O)CC=CC(C)[N+](=O)[O-]. The molecule has 0 N–H and O–H groups in total. The molecule has 0 rings (SSSR count). The van der Waals surface area contributed by atoms with E-state index in [1.807, 2.05) is 0 Å². The quantitative estimate of drug-likeness (QED) is 0.272. The van der Waals surface area contributed by atoms with Crippen LogP contribution in [0.2, 0.25) is 0 Å². The molecule has 12 heavy (non-hydrogen) atoms. The number of hydrogen-bond donors (Lipinski definition) is 0. The van der Waals surface area contributed by atoms with E-state index in [1.165, 1.54) is 26.2 Å². The van der Waals surface area contributed by atoms with E-state index >= 15 is 0 Å². The van der Waals surface area contributed by atoms with E-state index in [2.05, 4.69) is 4.74 Å². The molecule has 0 amide bonds. The van der Waals surface area contributed by atoms with Gasteiger partial charge in [-0.1, -0.05) is 6.08 Å². The first-order valence-corrected chi connectivity index (χ1v) is 3.45. The minimum absolute atomic E-state index is 0.0781. The molecule has 0 aromatic heterocycles. The van der Waals surface area contributed by atoms with Crippen molar-refractivity contribution in [1.82, 2.24) is 0 Å². The molecule has 0 aliphatic carbocycles. The summed E-state index contributed by atoms with van der Waals surface area (Å²) in [5, 5.41) is 10.1. The maximum atomic E-state index is 10.5. The van der Waals surface area contributed by atoms with Gasteiger partial charge in [0.1, 0.15) is 0 Å². The van der Waals surface area contributed by atoms with Crippen LogP contribution in [-0.2, 0) is 9.53 Å². The van der Waals surface area contributed by atoms with Gasteiger partial charge in [0.2, 0.25) is 6.04 Å². The van der Waals surface area contributed by atoms with Gasteiger partial charge >= 0.3 is 5.97 Å². The topological polar surface area (TPSA) is 69.4 Å². The van der Waals surface area contributed by atoms with Gasteiger partial charge in [-0.05, 0) is 6.08 Å². The minimum Gasteiger partial charge on any atom is -0.469 e. The number of rotatable bonds is 4. The van der Waals surface area contributed by atoms with Gasteiger partial charge in [-0.3, -0.25) is 14.9 Å². The summed E-state index contributed by atoms with van der Waals surface area (Å²) in [6.07, 6.45) is 2.87. The van der Waals surface area contributed by atoms with Crippen molar-refractivity contribution in [3.05, 3.63) is 22.3 Å². The largest absolute Gasteiger partial charge is 0.469 e. The van der Waals surface area contributed by atoms with Crippen molar-refractivity contribution < 1.29 is 14.5 Å². The number of nitro groups is 1. The summed E-state index contributed by atoms with van der Waals surface area (Å²) in [6, 6.07) is -0.755. The molecule has 5 heteroatoms. The highest BCUT2D eigenvalue weighted by molar-refractivity contribution is 5.70. The maximum Gasteiger partial charge on any atom is 0.309 e. The van der Waals surface area contributed by atoms with Gasteiger partial charge in [0.05, 0.1) is 13.5 Å². The molecule has 0 saturated heterocycles. The Kier molecular flexibility index (Phi) is 4.67. The molecule has 1 atom stereocenters. The van der Waals surface area contributed by atoms with Crippen LogP contribution in [0.4, 0.5) is 0 Å². The lowest BCUT2D eigenvalue weighted by atomic mass is 10.3. The Morgan fingerprint density at radius 1 is 1.75 bits per heavy atom. The molecule has 0 radical (unpaired) electrons. The van der Waals surface area contributed by atoms with E-state index in [4.69, 9.17) is 0 Å². The fraction of sp³-hybridized carbons (Fsp3) is 0.571. The Morgan fingerprint density at radius 3 is 2.75 bits per heavy atom. The second kappa shape index (κ2) is 5.29. The predicted molar refractivity (Wildman–Crippen MR) is 42.2 cm³/mol. The molecule has 5 nitrogen and oxygen atoms in total. The third-order valence-electron chi connectivity index (χ3n) is 1.26. The van der Waals surface area contributed by atoms with Crippen LogP contribution < -0.4 is 0 Å². The van der Waals surface area contributed by atoms with Gasteiger partial charge in [-0.2, -0.15) is 0 Å². The van der Waals surface area contributed by atoms with Gasteiger partial charge in [0, 0.05) is 11.8 Å². The van der Waals surface area contributed by atoms with Crippen molar-refractivity contribution in [2.75, 3.05) is 7.11 Å². The third kappa shape index (κ3) is 4.43. The first-order valence-electron chi connectivity index (χ1n) is 3.45. The van der Waals surface area contributed by atoms with Crippen LogP contribution in [0.1, 0.15) is 13.3 Å². The predicted octanol–water partition coefficient (Wildman–Crippen LogP) is 0.771. The summed E-state index contributed by atoms with van der Waals surface area (Å²) in [5.74, 6) is -0.401. The Balaban J connectivity index is 3.76. The highest BCUT2D eigenvalue weighted by atomic mass is 16.6. The second-order valence-corrected chi connectivity index (χ2v) is 2.23. The molecule has 0 aromatic carbocycles. The smallest absolute Gasteiger partial charge is 0.309 e. The minimum atomic E-state index is -0.755. The summed E-state index contributed by atoms with van der Waals surface area (Å²) in [4.78, 5) is 20.2. The number of carbonyl (C=O) groups is 1. The summed E-state index contributed by atoms with van der Waals surface area (Å²) >= 11 is 0. The van der Waals surface area contributed by atoms with E-state index < -0.39 is 16.9 Å². The van der Waals surface area contributed by atoms with Crippen LogP contribution in [0.25, 0.3) is 0 Å². The van der Waals surface area contributed by atoms with E-state index in [0.717, 1.165) is 0 Å². The highest BCUT2D eigenvalue weighted by Crippen LogP contribution is 1.93. The molecule has 68 valence electrons. The van der Waals surface area contributed by atoms with Crippen LogP contribution in [0.15, 0.2) is 12.2 Å². The lowest BCUT2D eigenvalue weighted by Gasteiger charge is -1.95. The molecular weight excluding hydrogens is 162 g/mol. The normalized spacial score (nSPS) is 12.8. The molecule has 0 saturated carbocycles. The Hall–Kier alpha value is -1.39. The fourth-order valence-electron chi connectivity index (χ4n) is 0.515. The summed E-state index contributed by atoms with van der Waals surface area (Å²) in [7, 11) is 1.27. The average Bonchev–Trinajstić information content (AvgIpc) is 2.03. The van der Waals surface area contributed by atoms with Gasteiger partial charge in [-0.25, -0.2) is 0 Å². The van der Waals surface area contributed by atoms with Crippen molar-refractivity contribution in [3.8, 4) is 0 Å². The van der Waals surface area contributed by atoms with Crippen LogP contribution in [0.5, 0.6) is 0 Å². The number of nitrogens with zero attached hydrogens (tertiary/aromatic N) is 1. The first-order chi connectivity index (χ1) is 5.57. The van der Waals surface area contributed by atoms with Crippen molar-refractivity contribution in [3.63, 3.8) is 0 Å². The molecule has 0 aromatic rings. The second-order valence-electron chi connectivity index (χ2n) is 2.23. The average molecular weight is 173 g/mol. The highest BCUT2D eigenvalue weighted by Gasteiger charge is 2.06. The zero-order chi connectivity index (χ0) is 9.56. The molecule has 1 unspecified atom stereocenters. The van der Waals surface area contributed by atoms with Crippen LogP contribution in [-0.4, -0.2) is 24.0 Å². The monoisotopic (exact) mass is 173 g/mol. The van der Waals surface area contributed by atoms with Gasteiger partial charge in [0.15, 0.2) is 0 Å². The molecule has 0 spiro atoms. The summed E-state index contributed by atoms with van der Waals surface area (Å²) in [6.45, 7) is 1.44. The van der Waals surface area contributed by atoms with Gasteiger partial charge in [-0.15, -0.1) is 0 Å². The number of carbonyl (C=O) groups excluding carboxylic acids is 1. The zero-order valence-electron chi connectivity index (χ0n) is 7.02. The lowest BCUT2D eigenvalue weighted by molar-refractivity contribution is -0.504. The Bertz CT molecular complexity index is 200. The van der Waals surface area contributed by atoms with Gasteiger partial charge in [0.25, 0.3) is 0 Å². The summed E-state index contributed by atoms with van der Waals surface area (Å²) < 4.78 is 4.33. The molecule has 0 heterocycles. The third-order valence-corrected chi connectivity index (χ3v) is 1.26. The number of ether oxygens (including phenoxy) is 1. The van der Waals surface area contributed by atoms with E-state index in [1.54, 1.807) is 0 Å². The molecule has 0 aliphatic rings. The number of hydrogen-bond acceptors (Lipinski definition) is 4. The number of methoxy groups -OCH3 is 1. The molecule has 0 fully saturated rings. The van der Waals surface area contributed by atoms with E-state index in [-0.39, 0.29) is 6.42 Å². The maximum absolute atomic E-state index is 10.5. The van der Waals surface area contributed by atoms with E-state index in [9.17, 15) is 14.9 Å². The van der Waals surface area contributed by atoms with Crippen LogP contribution in [0.3, 0.4) is 0 Å². The first kappa shape index (κ1) is 10.6. The van der Waals surface area contributed by atoms with Crippen molar-refractivity contribution in [1.29, 1.82) is 0 Å². The van der Waals surface area contributed by atoms with Gasteiger partial charge < -0.3 is 4.74 Å². The molecular formula is C7H11NO4. The van der Waals surface area contributed by atoms with Crippen LogP contribution >= 0.6 is 0 Å². The summed E-state index contributed by atoms with van der Waals surface area (Å²) in [5.41, 5.74) is 0. The van der Waals surface area contributed by atoms with Crippen molar-refractivity contribution >= 4 is 5.97 Å². The van der Waals surface area contributed by atoms with E-state index in [0.29, 0.717) is 0 Å². The molecule has 0 bridgehead atoms. The van der Waals surface area contributed by atoms with Crippen molar-refractivity contribution in [2.24, 2.45) is 0 Å².